The molecule has 0 spiro atoms. The van der Waals surface area contributed by atoms with Crippen molar-refractivity contribution in [3.05, 3.63) is 66.9 Å². The monoisotopic (exact) mass is 301 g/mol. The maximum Gasteiger partial charge on any atom is 0.227 e. The molecular formula is C14H12N3OPS. The van der Waals surface area contributed by atoms with Gasteiger partial charge in [0.05, 0.1) is 6.20 Å². The SMILES string of the molecule is O=P(Nc1cnns1)(c1ccccc1)c1ccccc1. The Morgan fingerprint density at radius 1 is 0.900 bits per heavy atom. The lowest BCUT2D eigenvalue weighted by Crippen LogP contribution is -2.21. The fraction of sp³-hybridized carbons (Fsp3) is 0. The quantitative estimate of drug-likeness (QED) is 0.753. The molecule has 0 atom stereocenters. The molecule has 1 aromatic heterocycles. The summed E-state index contributed by atoms with van der Waals surface area (Å²) >= 11 is 1.19. The summed E-state index contributed by atoms with van der Waals surface area (Å²) in [5, 5.41) is 9.12. The van der Waals surface area contributed by atoms with E-state index in [0.717, 1.165) is 10.6 Å². The highest BCUT2D eigenvalue weighted by Gasteiger charge is 2.27. The van der Waals surface area contributed by atoms with Crippen molar-refractivity contribution in [3.63, 3.8) is 0 Å². The van der Waals surface area contributed by atoms with Crippen LogP contribution in [0.2, 0.25) is 0 Å². The number of rotatable bonds is 4. The van der Waals surface area contributed by atoms with Crippen molar-refractivity contribution in [3.8, 4) is 0 Å². The van der Waals surface area contributed by atoms with Crippen molar-refractivity contribution < 1.29 is 4.57 Å². The van der Waals surface area contributed by atoms with Crippen LogP contribution in [0, 0.1) is 0 Å². The van der Waals surface area contributed by atoms with E-state index in [0.29, 0.717) is 5.00 Å². The average Bonchev–Trinajstić information content (AvgIpc) is 3.02. The molecule has 0 radical (unpaired) electrons. The van der Waals surface area contributed by atoms with Gasteiger partial charge in [0.15, 0.2) is 0 Å². The molecule has 0 amide bonds. The van der Waals surface area contributed by atoms with E-state index in [2.05, 4.69) is 14.7 Å². The zero-order valence-corrected chi connectivity index (χ0v) is 12.2. The van der Waals surface area contributed by atoms with Crippen LogP contribution in [0.15, 0.2) is 66.9 Å². The Kier molecular flexibility index (Phi) is 3.63. The molecule has 6 heteroatoms. The third-order valence-electron chi connectivity index (χ3n) is 2.87. The molecule has 0 saturated carbocycles. The number of nitrogens with zero attached hydrogens (tertiary/aromatic N) is 2. The minimum Gasteiger partial charge on any atom is -0.318 e. The van der Waals surface area contributed by atoms with Gasteiger partial charge in [-0.2, -0.15) is 0 Å². The second-order valence-electron chi connectivity index (χ2n) is 4.17. The topological polar surface area (TPSA) is 54.9 Å². The molecule has 1 heterocycles. The summed E-state index contributed by atoms with van der Waals surface area (Å²) in [5.74, 6) is 0. The summed E-state index contributed by atoms with van der Waals surface area (Å²) in [6, 6.07) is 18.8. The summed E-state index contributed by atoms with van der Waals surface area (Å²) in [5.41, 5.74) is 0. The zero-order valence-electron chi connectivity index (χ0n) is 10.5. The van der Waals surface area contributed by atoms with E-state index in [1.165, 1.54) is 11.5 Å². The molecule has 0 unspecified atom stereocenters. The van der Waals surface area contributed by atoms with E-state index in [1.807, 2.05) is 60.7 Å². The van der Waals surface area contributed by atoms with E-state index in [4.69, 9.17) is 0 Å². The van der Waals surface area contributed by atoms with E-state index in [9.17, 15) is 4.57 Å². The predicted octanol–water partition coefficient (Wildman–Crippen LogP) is 2.88. The average molecular weight is 301 g/mol. The molecule has 0 saturated heterocycles. The number of benzene rings is 2. The fourth-order valence-electron chi connectivity index (χ4n) is 1.93. The van der Waals surface area contributed by atoms with Crippen LogP contribution in [0.5, 0.6) is 0 Å². The third-order valence-corrected chi connectivity index (χ3v) is 6.21. The fourth-order valence-corrected chi connectivity index (χ4v) is 4.86. The first-order valence-corrected chi connectivity index (χ1v) is 8.54. The van der Waals surface area contributed by atoms with Crippen LogP contribution in [0.3, 0.4) is 0 Å². The number of aromatic nitrogens is 2. The molecule has 1 N–H and O–H groups in total. The van der Waals surface area contributed by atoms with Gasteiger partial charge < -0.3 is 5.09 Å². The molecule has 20 heavy (non-hydrogen) atoms. The second-order valence-corrected chi connectivity index (χ2v) is 7.43. The highest BCUT2D eigenvalue weighted by Crippen LogP contribution is 2.43. The molecule has 0 bridgehead atoms. The number of hydrogen-bond acceptors (Lipinski definition) is 4. The van der Waals surface area contributed by atoms with Crippen LogP contribution in [-0.2, 0) is 4.57 Å². The van der Waals surface area contributed by atoms with Gasteiger partial charge >= 0.3 is 0 Å². The van der Waals surface area contributed by atoms with Crippen LogP contribution in [0.1, 0.15) is 0 Å². The van der Waals surface area contributed by atoms with Gasteiger partial charge in [0.2, 0.25) is 7.29 Å². The van der Waals surface area contributed by atoms with E-state index >= 15 is 0 Å². The number of hydrogen-bond donors (Lipinski definition) is 1. The maximum absolute atomic E-state index is 13.5. The predicted molar refractivity (Wildman–Crippen MR) is 83.3 cm³/mol. The Balaban J connectivity index is 2.10. The molecule has 0 aliphatic heterocycles. The van der Waals surface area contributed by atoms with E-state index < -0.39 is 7.29 Å². The summed E-state index contributed by atoms with van der Waals surface area (Å²) in [4.78, 5) is 0. The Bertz CT molecular complexity index is 673. The normalized spacial score (nSPS) is 11.2. The summed E-state index contributed by atoms with van der Waals surface area (Å²) < 4.78 is 17.3. The highest BCUT2D eigenvalue weighted by atomic mass is 32.1. The summed E-state index contributed by atoms with van der Waals surface area (Å²) in [6.45, 7) is 0. The Morgan fingerprint density at radius 2 is 1.45 bits per heavy atom. The van der Waals surface area contributed by atoms with Gasteiger partial charge in [-0.05, 0) is 24.3 Å². The van der Waals surface area contributed by atoms with Gasteiger partial charge in [-0.1, -0.05) is 40.9 Å². The van der Waals surface area contributed by atoms with E-state index in [-0.39, 0.29) is 0 Å². The van der Waals surface area contributed by atoms with Crippen LogP contribution in [0.25, 0.3) is 0 Å². The van der Waals surface area contributed by atoms with Gasteiger partial charge in [0.1, 0.15) is 5.00 Å². The van der Waals surface area contributed by atoms with Crippen molar-refractivity contribution in [1.29, 1.82) is 0 Å². The largest absolute Gasteiger partial charge is 0.318 e. The lowest BCUT2D eigenvalue weighted by atomic mass is 10.4. The van der Waals surface area contributed by atoms with Crippen molar-refractivity contribution in [2.24, 2.45) is 0 Å². The first-order valence-electron chi connectivity index (χ1n) is 6.06. The standard InChI is InChI=1S/C14H12N3OPS/c18-19(12-7-3-1-4-8-12,13-9-5-2-6-10-13)16-14-11-15-17-20-14/h1-11H,(H,16,18). The first-order chi connectivity index (χ1) is 9.79. The molecule has 100 valence electrons. The molecular weight excluding hydrogens is 289 g/mol. The lowest BCUT2D eigenvalue weighted by molar-refractivity contribution is 0.590. The molecule has 0 fully saturated rings. The van der Waals surface area contributed by atoms with Gasteiger partial charge in [-0.25, -0.2) is 0 Å². The molecule has 2 aromatic carbocycles. The van der Waals surface area contributed by atoms with Crippen molar-refractivity contribution in [1.82, 2.24) is 9.59 Å². The van der Waals surface area contributed by atoms with Gasteiger partial charge in [0, 0.05) is 22.1 Å². The van der Waals surface area contributed by atoms with Crippen LogP contribution in [0.4, 0.5) is 5.00 Å². The minimum atomic E-state index is -2.93. The smallest absolute Gasteiger partial charge is 0.227 e. The number of nitrogens with one attached hydrogen (secondary N) is 1. The van der Waals surface area contributed by atoms with Gasteiger partial charge in [-0.15, -0.1) is 5.10 Å². The number of anilines is 1. The molecule has 4 nitrogen and oxygen atoms in total. The Labute approximate surface area is 121 Å². The van der Waals surface area contributed by atoms with Crippen molar-refractivity contribution in [2.75, 3.05) is 5.09 Å². The first kappa shape index (κ1) is 13.0. The van der Waals surface area contributed by atoms with E-state index in [1.54, 1.807) is 6.20 Å². The Morgan fingerprint density at radius 3 is 1.90 bits per heavy atom. The minimum absolute atomic E-state index is 0.695. The Hall–Kier alpha value is -1.97. The van der Waals surface area contributed by atoms with Crippen molar-refractivity contribution >= 4 is 34.4 Å². The zero-order chi connectivity index (χ0) is 13.8. The summed E-state index contributed by atoms with van der Waals surface area (Å²) in [7, 11) is -2.93. The van der Waals surface area contributed by atoms with Crippen LogP contribution < -0.4 is 15.7 Å². The lowest BCUT2D eigenvalue weighted by Gasteiger charge is -2.19. The molecule has 3 rings (SSSR count). The molecule has 0 aliphatic rings. The van der Waals surface area contributed by atoms with Crippen LogP contribution >= 0.6 is 18.8 Å². The highest BCUT2D eigenvalue weighted by molar-refractivity contribution is 7.80. The maximum atomic E-state index is 13.5. The molecule has 0 aliphatic carbocycles. The van der Waals surface area contributed by atoms with Crippen LogP contribution in [-0.4, -0.2) is 9.59 Å². The second kappa shape index (κ2) is 5.57. The van der Waals surface area contributed by atoms with Crippen molar-refractivity contribution in [2.45, 2.75) is 0 Å². The van der Waals surface area contributed by atoms with Gasteiger partial charge in [0.25, 0.3) is 0 Å². The summed E-state index contributed by atoms with van der Waals surface area (Å²) in [6.07, 6.45) is 1.59. The third kappa shape index (κ3) is 2.50. The van der Waals surface area contributed by atoms with Gasteiger partial charge in [-0.3, -0.25) is 4.57 Å². The molecule has 3 aromatic rings.